The van der Waals surface area contributed by atoms with Crippen LogP contribution in [0.15, 0.2) is 5.38 Å². The topological polar surface area (TPSA) is 37.4 Å². The van der Waals surface area contributed by atoms with Gasteiger partial charge in [0.1, 0.15) is 0 Å². The van der Waals surface area contributed by atoms with Gasteiger partial charge in [0.25, 0.3) is 0 Å². The normalized spacial score (nSPS) is 24.7. The molecule has 2 atom stereocenters. The fourth-order valence-corrected chi connectivity index (χ4v) is 3.18. The van der Waals surface area contributed by atoms with Gasteiger partial charge in [0, 0.05) is 37.0 Å². The third-order valence-corrected chi connectivity index (χ3v) is 4.31. The Morgan fingerprint density at radius 1 is 1.61 bits per heavy atom. The second-order valence-electron chi connectivity index (χ2n) is 5.07. The number of hydrogen-bond acceptors (Lipinski definition) is 5. The van der Waals surface area contributed by atoms with Gasteiger partial charge in [0.15, 0.2) is 0 Å². The van der Waals surface area contributed by atoms with Gasteiger partial charge in [-0.05, 0) is 27.4 Å². The number of nitrogens with zero attached hydrogens (tertiary/aromatic N) is 2. The molecule has 18 heavy (non-hydrogen) atoms. The van der Waals surface area contributed by atoms with E-state index in [1.807, 2.05) is 7.05 Å². The highest BCUT2D eigenvalue weighted by Crippen LogP contribution is 2.17. The van der Waals surface area contributed by atoms with E-state index in [4.69, 9.17) is 4.74 Å². The number of thiazole rings is 1. The molecule has 2 rings (SSSR count). The zero-order valence-corrected chi connectivity index (χ0v) is 12.3. The van der Waals surface area contributed by atoms with Crippen molar-refractivity contribution in [2.75, 3.05) is 33.9 Å². The first-order chi connectivity index (χ1) is 8.69. The van der Waals surface area contributed by atoms with E-state index in [2.05, 4.69) is 34.6 Å². The predicted octanol–water partition coefficient (Wildman–Crippen LogP) is 1.51. The summed E-state index contributed by atoms with van der Waals surface area (Å²) >= 11 is 1.72. The van der Waals surface area contributed by atoms with Crippen LogP contribution in [0.3, 0.4) is 0 Å². The van der Waals surface area contributed by atoms with Crippen molar-refractivity contribution < 1.29 is 4.74 Å². The molecule has 0 amide bonds. The predicted molar refractivity (Wildman–Crippen MR) is 75.0 cm³/mol. The molecule has 0 spiro atoms. The van der Waals surface area contributed by atoms with Crippen LogP contribution in [0, 0.1) is 12.8 Å². The van der Waals surface area contributed by atoms with E-state index in [1.165, 1.54) is 5.69 Å². The lowest BCUT2D eigenvalue weighted by molar-refractivity contribution is 0.0207. The molecule has 4 nitrogen and oxygen atoms in total. The molecular formula is C13H23N3OS. The molecule has 0 saturated carbocycles. The average Bonchev–Trinajstić information content (AvgIpc) is 2.75. The number of nitrogens with one attached hydrogen (secondary N) is 1. The fourth-order valence-electron chi connectivity index (χ4n) is 2.58. The van der Waals surface area contributed by atoms with Crippen LogP contribution in [0.4, 0.5) is 0 Å². The molecule has 1 N–H and O–H groups in total. The summed E-state index contributed by atoms with van der Waals surface area (Å²) in [6, 6.07) is 0.582. The first kappa shape index (κ1) is 13.9. The average molecular weight is 269 g/mol. The monoisotopic (exact) mass is 269 g/mol. The molecule has 0 aliphatic carbocycles. The molecular weight excluding hydrogens is 246 g/mol. The fraction of sp³-hybridized carbons (Fsp3) is 0.769. The highest BCUT2D eigenvalue weighted by Gasteiger charge is 2.25. The summed E-state index contributed by atoms with van der Waals surface area (Å²) in [5, 5.41) is 6.70. The van der Waals surface area contributed by atoms with Crippen molar-refractivity contribution >= 4 is 11.3 Å². The van der Waals surface area contributed by atoms with E-state index in [0.29, 0.717) is 12.0 Å². The van der Waals surface area contributed by atoms with E-state index in [0.717, 1.165) is 37.7 Å². The van der Waals surface area contributed by atoms with Gasteiger partial charge in [-0.3, -0.25) is 0 Å². The van der Waals surface area contributed by atoms with Crippen LogP contribution in [0.25, 0.3) is 0 Å². The van der Waals surface area contributed by atoms with Gasteiger partial charge in [-0.1, -0.05) is 0 Å². The molecule has 102 valence electrons. The summed E-state index contributed by atoms with van der Waals surface area (Å²) in [6.07, 6.45) is 1.12. The van der Waals surface area contributed by atoms with Crippen LogP contribution < -0.4 is 5.32 Å². The van der Waals surface area contributed by atoms with Crippen LogP contribution in [0.2, 0.25) is 0 Å². The van der Waals surface area contributed by atoms with Gasteiger partial charge >= 0.3 is 0 Å². The lowest BCUT2D eigenvalue weighted by Crippen LogP contribution is -2.45. The summed E-state index contributed by atoms with van der Waals surface area (Å²) in [5.41, 5.74) is 1.18. The maximum absolute atomic E-state index is 5.59. The summed E-state index contributed by atoms with van der Waals surface area (Å²) in [4.78, 5) is 6.86. The number of ether oxygens (including phenoxy) is 1. The molecule has 1 aliphatic heterocycles. The van der Waals surface area contributed by atoms with Crippen LogP contribution in [-0.4, -0.2) is 49.8 Å². The minimum atomic E-state index is 0.577. The minimum absolute atomic E-state index is 0.577. The zero-order chi connectivity index (χ0) is 13.0. The quantitative estimate of drug-likeness (QED) is 0.879. The second kappa shape index (κ2) is 6.61. The third-order valence-electron chi connectivity index (χ3n) is 3.49. The Morgan fingerprint density at radius 2 is 2.44 bits per heavy atom. The largest absolute Gasteiger partial charge is 0.381 e. The van der Waals surface area contributed by atoms with Gasteiger partial charge in [-0.2, -0.15) is 0 Å². The molecule has 1 fully saturated rings. The van der Waals surface area contributed by atoms with Crippen molar-refractivity contribution in [3.8, 4) is 0 Å². The minimum Gasteiger partial charge on any atom is -0.381 e. The number of rotatable bonds is 5. The summed E-state index contributed by atoms with van der Waals surface area (Å²) < 4.78 is 5.59. The van der Waals surface area contributed by atoms with E-state index in [-0.39, 0.29) is 0 Å². The summed E-state index contributed by atoms with van der Waals surface area (Å²) in [5.74, 6) is 0.577. The molecule has 0 radical (unpaired) electrons. The maximum Gasteiger partial charge on any atom is 0.0897 e. The van der Waals surface area contributed by atoms with Crippen molar-refractivity contribution in [3.63, 3.8) is 0 Å². The van der Waals surface area contributed by atoms with Crippen molar-refractivity contribution in [1.29, 1.82) is 0 Å². The Bertz CT molecular complexity index is 369. The number of aryl methyl sites for hydroxylation is 1. The van der Waals surface area contributed by atoms with Crippen molar-refractivity contribution in [2.45, 2.75) is 25.9 Å². The Balaban J connectivity index is 1.84. The second-order valence-corrected chi connectivity index (χ2v) is 6.14. The van der Waals surface area contributed by atoms with Gasteiger partial charge in [0.05, 0.1) is 17.3 Å². The van der Waals surface area contributed by atoms with Crippen molar-refractivity contribution in [2.24, 2.45) is 5.92 Å². The standard InChI is InChI=1S/C13H23N3OS/c1-10-15-12(9-18-10)7-16(3)6-11-8-17-5-4-13(11)14-2/h9,11,13-14H,4-8H2,1-3H3. The molecule has 1 saturated heterocycles. The van der Waals surface area contributed by atoms with E-state index >= 15 is 0 Å². The van der Waals surface area contributed by atoms with Gasteiger partial charge in [-0.25, -0.2) is 4.98 Å². The zero-order valence-electron chi connectivity index (χ0n) is 11.5. The number of aromatic nitrogens is 1. The van der Waals surface area contributed by atoms with Crippen LogP contribution in [-0.2, 0) is 11.3 Å². The highest BCUT2D eigenvalue weighted by molar-refractivity contribution is 7.09. The smallest absolute Gasteiger partial charge is 0.0897 e. The maximum atomic E-state index is 5.59. The molecule has 2 unspecified atom stereocenters. The number of hydrogen-bond donors (Lipinski definition) is 1. The molecule has 5 heteroatoms. The van der Waals surface area contributed by atoms with Crippen molar-refractivity contribution in [3.05, 3.63) is 16.1 Å². The SMILES string of the molecule is CNC1CCOCC1CN(C)Cc1csc(C)n1. The Labute approximate surface area is 113 Å². The lowest BCUT2D eigenvalue weighted by Gasteiger charge is -2.33. The van der Waals surface area contributed by atoms with E-state index in [1.54, 1.807) is 11.3 Å². The summed E-state index contributed by atoms with van der Waals surface area (Å²) in [6.45, 7) is 5.79. The van der Waals surface area contributed by atoms with Gasteiger partial charge in [-0.15, -0.1) is 11.3 Å². The van der Waals surface area contributed by atoms with Crippen molar-refractivity contribution in [1.82, 2.24) is 15.2 Å². The Kier molecular flexibility index (Phi) is 5.12. The first-order valence-electron chi connectivity index (χ1n) is 6.53. The Hall–Kier alpha value is -0.490. The van der Waals surface area contributed by atoms with Crippen LogP contribution >= 0.6 is 11.3 Å². The highest BCUT2D eigenvalue weighted by atomic mass is 32.1. The third kappa shape index (κ3) is 3.75. The lowest BCUT2D eigenvalue weighted by atomic mass is 9.95. The molecule has 1 aromatic rings. The molecule has 2 heterocycles. The van der Waals surface area contributed by atoms with Crippen LogP contribution in [0.5, 0.6) is 0 Å². The van der Waals surface area contributed by atoms with E-state index in [9.17, 15) is 0 Å². The van der Waals surface area contributed by atoms with Gasteiger partial charge < -0.3 is 15.0 Å². The molecule has 0 bridgehead atoms. The first-order valence-corrected chi connectivity index (χ1v) is 7.41. The van der Waals surface area contributed by atoms with E-state index < -0.39 is 0 Å². The molecule has 1 aromatic heterocycles. The molecule has 1 aliphatic rings. The summed E-state index contributed by atoms with van der Waals surface area (Å²) in [7, 11) is 4.21. The Morgan fingerprint density at radius 3 is 3.11 bits per heavy atom. The molecule has 0 aromatic carbocycles. The van der Waals surface area contributed by atoms with Gasteiger partial charge in [0.2, 0.25) is 0 Å². The van der Waals surface area contributed by atoms with Crippen LogP contribution in [0.1, 0.15) is 17.1 Å².